The van der Waals surface area contributed by atoms with Crippen LogP contribution in [0.4, 0.5) is 0 Å². The van der Waals surface area contributed by atoms with E-state index in [-0.39, 0.29) is 0 Å². The van der Waals surface area contributed by atoms with Gasteiger partial charge in [-0.3, -0.25) is 0 Å². The minimum absolute atomic E-state index is 1.09. The molecular weight excluding hydrogens is 280 g/mol. The zero-order valence-corrected chi connectivity index (χ0v) is 16.3. The molecule has 0 saturated carbocycles. The van der Waals surface area contributed by atoms with E-state index in [2.05, 4.69) is 81.2 Å². The van der Waals surface area contributed by atoms with Crippen molar-refractivity contribution in [2.24, 2.45) is 0 Å². The Balaban J connectivity index is 4.90. The van der Waals surface area contributed by atoms with Gasteiger partial charge in [-0.05, 0) is 75.0 Å². The van der Waals surface area contributed by atoms with Gasteiger partial charge in [0.15, 0.2) is 0 Å². The molecule has 0 fully saturated rings. The Morgan fingerprint density at radius 2 is 1.00 bits per heavy atom. The monoisotopic (exact) mass is 310 g/mol. The molecule has 7 heteroatoms. The van der Waals surface area contributed by atoms with Gasteiger partial charge in [-0.1, -0.05) is 0 Å². The highest BCUT2D eigenvalue weighted by molar-refractivity contribution is 7.17. The van der Waals surface area contributed by atoms with Crippen molar-refractivity contribution in [2.45, 2.75) is 18.6 Å². The fourth-order valence-corrected chi connectivity index (χ4v) is 9.50. The molecule has 18 heavy (non-hydrogen) atoms. The van der Waals surface area contributed by atoms with Crippen molar-refractivity contribution in [1.82, 2.24) is 18.3 Å². The summed E-state index contributed by atoms with van der Waals surface area (Å²) in [6, 6.07) is 2.28. The van der Waals surface area contributed by atoms with Crippen LogP contribution in [0.1, 0.15) is 0 Å². The van der Waals surface area contributed by atoms with Gasteiger partial charge in [0.1, 0.15) is 0 Å². The van der Waals surface area contributed by atoms with Crippen molar-refractivity contribution in [1.29, 1.82) is 0 Å². The summed E-state index contributed by atoms with van der Waals surface area (Å²) in [6.07, 6.45) is 0. The first kappa shape index (κ1) is 18.6. The van der Waals surface area contributed by atoms with Crippen LogP contribution in [0.5, 0.6) is 0 Å². The zero-order valence-electron chi connectivity index (χ0n) is 13.6. The Morgan fingerprint density at radius 1 is 0.667 bits per heavy atom. The third-order valence-corrected chi connectivity index (χ3v) is 16.0. The first-order chi connectivity index (χ1) is 7.98. The molecule has 0 saturated heterocycles. The number of halogens is 1. The van der Waals surface area contributed by atoms with Crippen molar-refractivity contribution >= 4 is 27.2 Å². The van der Waals surface area contributed by atoms with Gasteiger partial charge in [-0.2, -0.15) is 0 Å². The predicted molar refractivity (Wildman–Crippen MR) is 87.6 cm³/mol. The van der Waals surface area contributed by atoms with Crippen LogP contribution in [0.2, 0.25) is 18.6 Å². The first-order valence-corrected chi connectivity index (χ1v) is 12.1. The Kier molecular flexibility index (Phi) is 7.04. The van der Waals surface area contributed by atoms with Gasteiger partial charge in [-0.15, -0.1) is 11.1 Å². The van der Waals surface area contributed by atoms with Crippen molar-refractivity contribution in [3.63, 3.8) is 0 Å². The van der Waals surface area contributed by atoms with Crippen LogP contribution >= 0.6 is 11.1 Å². The molecule has 0 amide bonds. The van der Waals surface area contributed by atoms with Gasteiger partial charge in [-0.25, -0.2) is 0 Å². The van der Waals surface area contributed by atoms with Gasteiger partial charge in [0.25, 0.3) is 0 Å². The van der Waals surface area contributed by atoms with Crippen LogP contribution in [0.15, 0.2) is 0 Å². The largest absolute Gasteiger partial charge is 0.317 e. The number of rotatable bonds is 7. The first-order valence-electron chi connectivity index (χ1n) is 6.37. The molecule has 0 rings (SSSR count). The highest BCUT2D eigenvalue weighted by Gasteiger charge is 2.42. The predicted octanol–water partition coefficient (Wildman–Crippen LogP) is 1.48. The Hall–Kier alpha value is 0.564. The van der Waals surface area contributed by atoms with Crippen molar-refractivity contribution < 1.29 is 0 Å². The molecule has 0 heterocycles. The maximum Gasteiger partial charge on any atom is 0.306 e. The molecule has 4 nitrogen and oxygen atoms in total. The molecule has 0 atom stereocenters. The van der Waals surface area contributed by atoms with E-state index in [0.717, 1.165) is 6.04 Å². The molecule has 110 valence electrons. The van der Waals surface area contributed by atoms with E-state index in [1.165, 1.54) is 6.04 Å². The highest BCUT2D eigenvalue weighted by atomic mass is 35.6. The Labute approximate surface area is 121 Å². The maximum atomic E-state index is 6.90. The normalized spacial score (nSPS) is 14.3. The SMILES string of the molecule is CN(C)[Si](C)(CC[Si](Cl)(N(C)C)N(C)C)N(C)C. The molecule has 0 unspecified atom stereocenters. The Bertz CT molecular complexity index is 217. The fourth-order valence-electron chi connectivity index (χ4n) is 2.09. The van der Waals surface area contributed by atoms with Gasteiger partial charge < -0.3 is 18.3 Å². The lowest BCUT2D eigenvalue weighted by Crippen LogP contribution is -2.62. The summed E-state index contributed by atoms with van der Waals surface area (Å²) < 4.78 is 9.28. The topological polar surface area (TPSA) is 13.0 Å². The molecule has 0 bridgehead atoms. The van der Waals surface area contributed by atoms with Crippen LogP contribution in [0.25, 0.3) is 0 Å². The van der Waals surface area contributed by atoms with Crippen LogP contribution in [0.3, 0.4) is 0 Å². The quantitative estimate of drug-likeness (QED) is 0.521. The van der Waals surface area contributed by atoms with E-state index in [0.29, 0.717) is 0 Å². The summed E-state index contributed by atoms with van der Waals surface area (Å²) in [5.41, 5.74) is 0. The summed E-state index contributed by atoms with van der Waals surface area (Å²) in [6.45, 7) is 2.41. The third kappa shape index (κ3) is 4.03. The van der Waals surface area contributed by atoms with E-state index < -0.39 is 16.1 Å². The average molecular weight is 311 g/mol. The molecule has 0 aliphatic rings. The van der Waals surface area contributed by atoms with Crippen LogP contribution in [-0.4, -0.2) is 90.7 Å². The molecule has 0 aromatic rings. The zero-order chi connectivity index (χ0) is 14.7. The minimum Gasteiger partial charge on any atom is -0.317 e. The van der Waals surface area contributed by atoms with Gasteiger partial charge >= 0.3 is 7.71 Å². The van der Waals surface area contributed by atoms with E-state index in [9.17, 15) is 0 Å². The fraction of sp³-hybridized carbons (Fsp3) is 1.00. The lowest BCUT2D eigenvalue weighted by Gasteiger charge is -2.43. The molecule has 0 aliphatic carbocycles. The smallest absolute Gasteiger partial charge is 0.306 e. The second-order valence-corrected chi connectivity index (χ2v) is 16.3. The molecule has 0 spiro atoms. The summed E-state index contributed by atoms with van der Waals surface area (Å²) in [4.78, 5) is 0. The van der Waals surface area contributed by atoms with Gasteiger partial charge in [0, 0.05) is 0 Å². The second kappa shape index (κ2) is 6.83. The lowest BCUT2D eigenvalue weighted by atomic mass is 10.9. The van der Waals surface area contributed by atoms with Gasteiger partial charge in [0.05, 0.1) is 0 Å². The molecule has 0 aliphatic heterocycles. The van der Waals surface area contributed by atoms with Crippen LogP contribution < -0.4 is 0 Å². The summed E-state index contributed by atoms with van der Waals surface area (Å²) in [5.74, 6) is 0. The molecule has 0 aromatic heterocycles. The molecule has 0 N–H and O–H groups in total. The van der Waals surface area contributed by atoms with Crippen LogP contribution in [0, 0.1) is 0 Å². The average Bonchev–Trinajstić information content (AvgIpc) is 2.23. The minimum atomic E-state index is -1.99. The number of hydrogen-bond donors (Lipinski definition) is 0. The number of nitrogens with zero attached hydrogens (tertiary/aromatic N) is 4. The molecule has 0 radical (unpaired) electrons. The van der Waals surface area contributed by atoms with E-state index in [4.69, 9.17) is 11.1 Å². The van der Waals surface area contributed by atoms with Crippen molar-refractivity contribution in [3.05, 3.63) is 0 Å². The summed E-state index contributed by atoms with van der Waals surface area (Å²) in [7, 11) is 13.6. The summed E-state index contributed by atoms with van der Waals surface area (Å²) in [5, 5.41) is 0. The summed E-state index contributed by atoms with van der Waals surface area (Å²) >= 11 is 6.90. The van der Waals surface area contributed by atoms with E-state index in [1.54, 1.807) is 0 Å². The molecule has 0 aromatic carbocycles. The van der Waals surface area contributed by atoms with E-state index in [1.807, 2.05) is 0 Å². The third-order valence-electron chi connectivity index (χ3n) is 4.21. The standard InChI is InChI=1S/C11H31ClN4Si2/c1-13(2)17(9,14(3)4)10-11-18(12,15(5)6)16(7)8/h10-11H2,1-9H3. The van der Waals surface area contributed by atoms with Crippen molar-refractivity contribution in [2.75, 3.05) is 56.4 Å². The Morgan fingerprint density at radius 3 is 1.22 bits per heavy atom. The lowest BCUT2D eigenvalue weighted by molar-refractivity contribution is 0.475. The molecular formula is C11H31ClN4Si2. The highest BCUT2D eigenvalue weighted by Crippen LogP contribution is 2.28. The van der Waals surface area contributed by atoms with Crippen molar-refractivity contribution in [3.8, 4) is 0 Å². The van der Waals surface area contributed by atoms with E-state index >= 15 is 0 Å². The number of hydrogen-bond acceptors (Lipinski definition) is 4. The van der Waals surface area contributed by atoms with Gasteiger partial charge in [0.2, 0.25) is 8.40 Å². The second-order valence-electron chi connectivity index (χ2n) is 6.01. The van der Waals surface area contributed by atoms with Crippen LogP contribution in [-0.2, 0) is 0 Å². The maximum absolute atomic E-state index is 6.90.